The predicted molar refractivity (Wildman–Crippen MR) is 72.4 cm³/mol. The largest absolute Gasteiger partial charge is 0.466 e. The van der Waals surface area contributed by atoms with E-state index in [4.69, 9.17) is 39.5 Å². The number of aromatic nitrogens is 1. The number of ether oxygens (including phenoxy) is 1. The van der Waals surface area contributed by atoms with Crippen LogP contribution in [0.2, 0.25) is 15.2 Å². The van der Waals surface area contributed by atoms with E-state index < -0.39 is 22.5 Å². The number of likely N-dealkylation sites (N-methyl/N-ethyl adjacent to an activating group) is 1. The van der Waals surface area contributed by atoms with Gasteiger partial charge >= 0.3 is 0 Å². The van der Waals surface area contributed by atoms with Gasteiger partial charge in [0.2, 0.25) is 15.9 Å². The van der Waals surface area contributed by atoms with Crippen LogP contribution in [-0.4, -0.2) is 43.5 Å². The molecule has 0 radical (unpaired) electrons. The van der Waals surface area contributed by atoms with Gasteiger partial charge < -0.3 is 4.74 Å². The Balaban J connectivity index is 2.78. The van der Waals surface area contributed by atoms with Crippen LogP contribution in [0.15, 0.2) is 6.07 Å². The van der Waals surface area contributed by atoms with Crippen molar-refractivity contribution < 1.29 is 17.9 Å². The van der Waals surface area contributed by atoms with E-state index >= 15 is 0 Å². The zero-order valence-corrected chi connectivity index (χ0v) is 12.9. The Hall–Kier alpha value is -0.760. The third kappa shape index (κ3) is 4.38. The van der Waals surface area contributed by atoms with Crippen molar-refractivity contribution in [2.45, 2.75) is 0 Å². The Kier molecular flexibility index (Phi) is 5.26. The molecule has 0 aromatic carbocycles. The summed E-state index contributed by atoms with van der Waals surface area (Å²) in [5.41, 5.74) is 0. The van der Waals surface area contributed by atoms with Gasteiger partial charge in [0.1, 0.15) is 5.02 Å². The lowest BCUT2D eigenvalue weighted by Crippen LogP contribution is -2.35. The molecule has 0 aliphatic heterocycles. The monoisotopic (exact) mass is 346 g/mol. The van der Waals surface area contributed by atoms with Crippen LogP contribution in [-0.2, 0) is 14.8 Å². The van der Waals surface area contributed by atoms with Gasteiger partial charge in [-0.3, -0.25) is 4.79 Å². The van der Waals surface area contributed by atoms with Crippen LogP contribution in [0.3, 0.4) is 0 Å². The van der Waals surface area contributed by atoms with E-state index in [1.807, 2.05) is 0 Å². The molecule has 106 valence electrons. The maximum absolute atomic E-state index is 11.5. The topological polar surface area (TPSA) is 76.6 Å². The summed E-state index contributed by atoms with van der Waals surface area (Å²) in [4.78, 5) is 15.2. The third-order valence-corrected chi connectivity index (χ3v) is 4.18. The van der Waals surface area contributed by atoms with Crippen LogP contribution in [0, 0.1) is 0 Å². The average Bonchev–Trinajstić information content (AvgIpc) is 2.29. The SMILES string of the molecule is CN(C(=O)COc1nc(Cl)c(Cl)cc1Cl)S(C)(=O)=O. The van der Waals surface area contributed by atoms with E-state index in [1.54, 1.807) is 0 Å². The third-order valence-electron chi connectivity index (χ3n) is 2.04. The van der Waals surface area contributed by atoms with E-state index in [9.17, 15) is 13.2 Å². The van der Waals surface area contributed by atoms with E-state index in [2.05, 4.69) is 4.98 Å². The van der Waals surface area contributed by atoms with Crippen LogP contribution in [0.5, 0.6) is 5.88 Å². The molecular weight excluding hydrogens is 339 g/mol. The number of rotatable bonds is 4. The van der Waals surface area contributed by atoms with Gasteiger partial charge in [-0.25, -0.2) is 12.7 Å². The number of sulfonamides is 1. The number of hydrogen-bond acceptors (Lipinski definition) is 5. The molecule has 0 bridgehead atoms. The first-order chi connectivity index (χ1) is 8.62. The zero-order chi connectivity index (χ0) is 14.8. The smallest absolute Gasteiger partial charge is 0.273 e. The van der Waals surface area contributed by atoms with Gasteiger partial charge in [0.25, 0.3) is 5.91 Å². The van der Waals surface area contributed by atoms with Crippen LogP contribution < -0.4 is 4.74 Å². The highest BCUT2D eigenvalue weighted by atomic mass is 35.5. The molecule has 0 unspecified atom stereocenters. The minimum atomic E-state index is -3.63. The molecule has 6 nitrogen and oxygen atoms in total. The fourth-order valence-corrected chi connectivity index (χ4v) is 1.90. The van der Waals surface area contributed by atoms with Crippen molar-refractivity contribution in [3.63, 3.8) is 0 Å². The molecule has 1 aromatic rings. The van der Waals surface area contributed by atoms with Gasteiger partial charge in [-0.05, 0) is 6.07 Å². The highest BCUT2D eigenvalue weighted by molar-refractivity contribution is 7.88. The molecule has 1 rings (SSSR count). The standard InChI is InChI=1S/C9H9Cl3N2O4S/c1-14(19(2,16)17)7(15)4-18-9-6(11)3-5(10)8(12)13-9/h3H,4H2,1-2H3. The molecule has 1 amide bonds. The minimum Gasteiger partial charge on any atom is -0.466 e. The fourth-order valence-electron chi connectivity index (χ4n) is 0.936. The van der Waals surface area contributed by atoms with E-state index in [1.165, 1.54) is 6.07 Å². The molecule has 1 heterocycles. The lowest BCUT2D eigenvalue weighted by molar-refractivity contribution is -0.127. The number of pyridine rings is 1. The summed E-state index contributed by atoms with van der Waals surface area (Å²) in [6.07, 6.45) is 0.898. The maximum atomic E-state index is 11.5. The Bertz CT molecular complexity index is 606. The van der Waals surface area contributed by atoms with Gasteiger partial charge in [-0.15, -0.1) is 0 Å². The van der Waals surface area contributed by atoms with Crippen LogP contribution in [0.1, 0.15) is 0 Å². The average molecular weight is 348 g/mol. The van der Waals surface area contributed by atoms with Crippen LogP contribution >= 0.6 is 34.8 Å². The first kappa shape index (κ1) is 16.3. The quantitative estimate of drug-likeness (QED) is 0.777. The molecular formula is C9H9Cl3N2O4S. The molecule has 1 aromatic heterocycles. The molecule has 0 atom stereocenters. The summed E-state index contributed by atoms with van der Waals surface area (Å²) in [5, 5.41) is 0.160. The fraction of sp³-hybridized carbons (Fsp3) is 0.333. The molecule has 0 fully saturated rings. The Morgan fingerprint density at radius 1 is 1.37 bits per heavy atom. The summed E-state index contributed by atoms with van der Waals surface area (Å²) in [6.45, 7) is -0.547. The molecule has 19 heavy (non-hydrogen) atoms. The highest BCUT2D eigenvalue weighted by Crippen LogP contribution is 2.30. The molecule has 10 heteroatoms. The molecule has 0 aliphatic rings. The van der Waals surface area contributed by atoms with Crippen molar-refractivity contribution in [3.05, 3.63) is 21.3 Å². The van der Waals surface area contributed by atoms with Crippen molar-refractivity contribution in [1.29, 1.82) is 0 Å². The normalized spacial score (nSPS) is 11.2. The van der Waals surface area contributed by atoms with Gasteiger partial charge in [0, 0.05) is 7.05 Å². The predicted octanol–water partition coefficient (Wildman–Crippen LogP) is 1.84. The number of amides is 1. The van der Waals surface area contributed by atoms with Crippen molar-refractivity contribution in [1.82, 2.24) is 9.29 Å². The van der Waals surface area contributed by atoms with Crippen molar-refractivity contribution >= 4 is 50.7 Å². The van der Waals surface area contributed by atoms with Crippen molar-refractivity contribution in [3.8, 4) is 5.88 Å². The minimum absolute atomic E-state index is 0.0371. The molecule has 0 spiro atoms. The van der Waals surface area contributed by atoms with Crippen molar-refractivity contribution in [2.24, 2.45) is 0 Å². The Labute approximate surface area is 125 Å². The zero-order valence-electron chi connectivity index (χ0n) is 9.85. The first-order valence-electron chi connectivity index (χ1n) is 4.74. The summed E-state index contributed by atoms with van der Waals surface area (Å²) in [7, 11) is -2.51. The maximum Gasteiger partial charge on any atom is 0.273 e. The first-order valence-corrected chi connectivity index (χ1v) is 7.72. The van der Waals surface area contributed by atoms with Crippen LogP contribution in [0.4, 0.5) is 0 Å². The second-order valence-electron chi connectivity index (χ2n) is 3.46. The lowest BCUT2D eigenvalue weighted by atomic mass is 10.5. The Morgan fingerprint density at radius 2 is 1.95 bits per heavy atom. The number of carbonyl (C=O) groups is 1. The van der Waals surface area contributed by atoms with Gasteiger partial charge in [-0.1, -0.05) is 34.8 Å². The highest BCUT2D eigenvalue weighted by Gasteiger charge is 2.19. The summed E-state index contributed by atoms with van der Waals surface area (Å²) < 4.78 is 27.8. The molecule has 0 N–H and O–H groups in total. The van der Waals surface area contributed by atoms with Gasteiger partial charge in [-0.2, -0.15) is 4.98 Å². The Morgan fingerprint density at radius 3 is 2.47 bits per heavy atom. The summed E-state index contributed by atoms with van der Waals surface area (Å²) in [6, 6.07) is 1.30. The molecule has 0 saturated heterocycles. The number of hydrogen-bond donors (Lipinski definition) is 0. The summed E-state index contributed by atoms with van der Waals surface area (Å²) in [5.74, 6) is -0.877. The number of carbonyl (C=O) groups excluding carboxylic acids is 1. The number of halogens is 3. The summed E-state index contributed by atoms with van der Waals surface area (Å²) >= 11 is 17.1. The number of nitrogens with zero attached hydrogens (tertiary/aromatic N) is 2. The molecule has 0 aliphatic carbocycles. The second kappa shape index (κ2) is 6.13. The van der Waals surface area contributed by atoms with Crippen LogP contribution in [0.25, 0.3) is 0 Å². The van der Waals surface area contributed by atoms with Gasteiger partial charge in [0.05, 0.1) is 11.3 Å². The van der Waals surface area contributed by atoms with E-state index in [0.717, 1.165) is 13.3 Å². The van der Waals surface area contributed by atoms with E-state index in [0.29, 0.717) is 4.31 Å². The lowest BCUT2D eigenvalue weighted by Gasteiger charge is -2.15. The van der Waals surface area contributed by atoms with E-state index in [-0.39, 0.29) is 21.1 Å². The van der Waals surface area contributed by atoms with Crippen molar-refractivity contribution in [2.75, 3.05) is 19.9 Å². The second-order valence-corrected chi connectivity index (χ2v) is 6.65. The molecule has 0 saturated carbocycles. The van der Waals surface area contributed by atoms with Gasteiger partial charge in [0.15, 0.2) is 11.8 Å².